The van der Waals surface area contributed by atoms with Gasteiger partial charge in [0.2, 0.25) is 5.89 Å². The van der Waals surface area contributed by atoms with Crippen LogP contribution in [0.3, 0.4) is 0 Å². The second-order valence-corrected chi connectivity index (χ2v) is 7.98. The van der Waals surface area contributed by atoms with Gasteiger partial charge in [0.15, 0.2) is 23.7 Å². The van der Waals surface area contributed by atoms with Crippen molar-refractivity contribution < 1.29 is 18.7 Å². The second-order valence-electron chi connectivity index (χ2n) is 7.12. The number of aromatic nitrogens is 1. The molecule has 0 radical (unpaired) electrons. The summed E-state index contributed by atoms with van der Waals surface area (Å²) in [5.41, 5.74) is 2.90. The van der Waals surface area contributed by atoms with E-state index in [0.29, 0.717) is 44.9 Å². The van der Waals surface area contributed by atoms with Crippen molar-refractivity contribution in [3.05, 3.63) is 82.7 Å². The molecule has 0 aliphatic rings. The predicted octanol–water partition coefficient (Wildman–Crippen LogP) is 6.07. The molecule has 0 aliphatic heterocycles. The van der Waals surface area contributed by atoms with Crippen LogP contribution in [0.25, 0.3) is 22.7 Å². The number of hydrogen-bond donors (Lipinski definition) is 1. The summed E-state index contributed by atoms with van der Waals surface area (Å²) in [6, 6.07) is 22.1. The molecule has 1 aromatic heterocycles. The lowest BCUT2D eigenvalue weighted by molar-refractivity contribution is -0.118. The normalized spacial score (nSPS) is 11.1. The minimum Gasteiger partial charge on any atom is -0.490 e. The van der Waals surface area contributed by atoms with Crippen LogP contribution < -0.4 is 14.8 Å². The molecule has 3 aromatic carbocycles. The van der Waals surface area contributed by atoms with Gasteiger partial charge in [-0.3, -0.25) is 4.79 Å². The van der Waals surface area contributed by atoms with Crippen molar-refractivity contribution >= 4 is 50.3 Å². The van der Waals surface area contributed by atoms with Crippen molar-refractivity contribution in [2.75, 3.05) is 18.5 Å². The number of nitrogens with one attached hydrogen (secondary N) is 1. The Hall–Kier alpha value is -4.09. The van der Waals surface area contributed by atoms with Crippen LogP contribution in [-0.2, 0) is 4.79 Å². The Morgan fingerprint density at radius 2 is 1.91 bits per heavy atom. The maximum atomic E-state index is 12.3. The Kier molecular flexibility index (Phi) is 7.25. The number of carbonyl (C=O) groups is 1. The number of oxazole rings is 1. The number of allylic oxidation sites excluding steroid dienone is 1. The highest BCUT2D eigenvalue weighted by molar-refractivity contribution is 9.10. The van der Waals surface area contributed by atoms with E-state index in [0.717, 1.165) is 0 Å². The molecule has 7 nitrogen and oxygen atoms in total. The number of nitrogens with zero attached hydrogens (tertiary/aromatic N) is 2. The molecule has 4 rings (SSSR count). The summed E-state index contributed by atoms with van der Waals surface area (Å²) in [5.74, 6) is 0.760. The zero-order valence-corrected chi connectivity index (χ0v) is 19.8. The first kappa shape index (κ1) is 23.1. The van der Waals surface area contributed by atoms with Crippen LogP contribution in [0.5, 0.6) is 11.5 Å². The number of carbonyl (C=O) groups excluding carboxylic acids is 1. The van der Waals surface area contributed by atoms with E-state index >= 15 is 0 Å². The summed E-state index contributed by atoms with van der Waals surface area (Å²) in [4.78, 5) is 16.7. The Labute approximate surface area is 204 Å². The van der Waals surface area contributed by atoms with Crippen LogP contribution >= 0.6 is 15.9 Å². The molecule has 0 saturated heterocycles. The van der Waals surface area contributed by atoms with Crippen LogP contribution in [0.2, 0.25) is 0 Å². The number of halogens is 1. The van der Waals surface area contributed by atoms with Crippen molar-refractivity contribution in [2.45, 2.75) is 6.92 Å². The highest BCUT2D eigenvalue weighted by atomic mass is 79.9. The monoisotopic (exact) mass is 517 g/mol. The number of benzene rings is 3. The molecule has 0 fully saturated rings. The highest BCUT2D eigenvalue weighted by Crippen LogP contribution is 2.38. The number of fused-ring (bicyclic) bond motifs is 1. The van der Waals surface area contributed by atoms with Gasteiger partial charge in [0.1, 0.15) is 17.2 Å². The van der Waals surface area contributed by atoms with Gasteiger partial charge in [-0.25, -0.2) is 4.98 Å². The van der Waals surface area contributed by atoms with E-state index in [9.17, 15) is 10.1 Å². The number of ether oxygens (including phenoxy) is 2. The van der Waals surface area contributed by atoms with Gasteiger partial charge < -0.3 is 19.2 Å². The van der Waals surface area contributed by atoms with E-state index in [-0.39, 0.29) is 24.0 Å². The maximum absolute atomic E-state index is 12.3. The third kappa shape index (κ3) is 5.45. The zero-order valence-electron chi connectivity index (χ0n) is 18.2. The largest absolute Gasteiger partial charge is 0.490 e. The molecule has 170 valence electrons. The van der Waals surface area contributed by atoms with E-state index in [1.54, 1.807) is 36.4 Å². The van der Waals surface area contributed by atoms with E-state index in [4.69, 9.17) is 13.9 Å². The van der Waals surface area contributed by atoms with E-state index in [1.165, 1.54) is 0 Å². The lowest BCUT2D eigenvalue weighted by Crippen LogP contribution is -2.20. The molecular formula is C26H20BrN3O4. The van der Waals surface area contributed by atoms with Crippen LogP contribution in [0.15, 0.2) is 75.6 Å². The second kappa shape index (κ2) is 10.7. The third-order valence-corrected chi connectivity index (χ3v) is 5.28. The topological polar surface area (TPSA) is 97.4 Å². The van der Waals surface area contributed by atoms with Gasteiger partial charge in [0, 0.05) is 5.69 Å². The average molecular weight is 518 g/mol. The third-order valence-electron chi connectivity index (χ3n) is 4.69. The van der Waals surface area contributed by atoms with E-state index in [1.807, 2.05) is 43.3 Å². The summed E-state index contributed by atoms with van der Waals surface area (Å²) >= 11 is 3.49. The molecule has 0 bridgehead atoms. The molecule has 0 unspecified atom stereocenters. The molecule has 4 aromatic rings. The van der Waals surface area contributed by atoms with Crippen LogP contribution in [0.1, 0.15) is 18.4 Å². The van der Waals surface area contributed by atoms with Crippen LogP contribution in [0, 0.1) is 11.3 Å². The van der Waals surface area contributed by atoms with Gasteiger partial charge in [0.25, 0.3) is 5.91 Å². The van der Waals surface area contributed by atoms with Gasteiger partial charge in [0.05, 0.1) is 11.1 Å². The van der Waals surface area contributed by atoms with Crippen molar-refractivity contribution in [3.63, 3.8) is 0 Å². The molecule has 8 heteroatoms. The number of nitriles is 1. The van der Waals surface area contributed by atoms with Gasteiger partial charge in [-0.1, -0.05) is 30.3 Å². The summed E-state index contributed by atoms with van der Waals surface area (Å²) in [6.45, 7) is 2.04. The predicted molar refractivity (Wildman–Crippen MR) is 133 cm³/mol. The van der Waals surface area contributed by atoms with Gasteiger partial charge in [-0.15, -0.1) is 0 Å². The first-order valence-corrected chi connectivity index (χ1v) is 11.3. The molecule has 0 saturated carbocycles. The Morgan fingerprint density at radius 3 is 2.65 bits per heavy atom. The smallest absolute Gasteiger partial charge is 0.262 e. The Balaban J connectivity index is 1.57. The molecule has 0 spiro atoms. The van der Waals surface area contributed by atoms with Crippen molar-refractivity contribution in [1.29, 1.82) is 5.26 Å². The quantitative estimate of drug-likeness (QED) is 0.285. The molecule has 0 atom stereocenters. The van der Waals surface area contributed by atoms with Gasteiger partial charge in [-0.05, 0) is 70.9 Å². The first-order valence-electron chi connectivity index (χ1n) is 10.5. The summed E-state index contributed by atoms with van der Waals surface area (Å²) in [7, 11) is 0. The summed E-state index contributed by atoms with van der Waals surface area (Å²) < 4.78 is 17.8. The number of para-hydroxylation sites is 3. The summed E-state index contributed by atoms with van der Waals surface area (Å²) in [5, 5.41) is 12.5. The van der Waals surface area contributed by atoms with Crippen molar-refractivity contribution in [2.24, 2.45) is 0 Å². The minimum absolute atomic E-state index is 0.199. The Bertz CT molecular complexity index is 1360. The molecule has 34 heavy (non-hydrogen) atoms. The average Bonchev–Trinajstić information content (AvgIpc) is 3.27. The zero-order chi connectivity index (χ0) is 23.9. The number of rotatable bonds is 8. The SMILES string of the molecule is CCOc1cc(/C=C(\C#N)c2nc3ccccc3o2)cc(Br)c1OCC(=O)Nc1ccccc1. The van der Waals surface area contributed by atoms with E-state index < -0.39 is 0 Å². The lowest BCUT2D eigenvalue weighted by Gasteiger charge is -2.15. The number of hydrogen-bond acceptors (Lipinski definition) is 6. The fourth-order valence-corrected chi connectivity index (χ4v) is 3.80. The lowest BCUT2D eigenvalue weighted by atomic mass is 10.1. The standard InChI is InChI=1S/C26H20BrN3O4/c1-2-32-23-14-17(12-18(15-28)26-30-21-10-6-7-11-22(21)34-26)13-20(27)25(23)33-16-24(31)29-19-8-4-3-5-9-19/h3-14H,2,16H2,1H3,(H,29,31)/b18-12+. The van der Waals surface area contributed by atoms with Crippen molar-refractivity contribution in [1.82, 2.24) is 4.98 Å². The molecular weight excluding hydrogens is 498 g/mol. The molecule has 0 aliphatic carbocycles. The first-order chi connectivity index (χ1) is 16.6. The fourth-order valence-electron chi connectivity index (χ4n) is 3.23. The fraction of sp³-hybridized carbons (Fsp3) is 0.115. The minimum atomic E-state index is -0.299. The van der Waals surface area contributed by atoms with Crippen LogP contribution in [-0.4, -0.2) is 24.1 Å². The van der Waals surface area contributed by atoms with Gasteiger partial charge in [-0.2, -0.15) is 5.26 Å². The number of anilines is 1. The van der Waals surface area contributed by atoms with Crippen LogP contribution in [0.4, 0.5) is 5.69 Å². The number of amides is 1. The summed E-state index contributed by atoms with van der Waals surface area (Å²) in [6.07, 6.45) is 1.66. The molecule has 1 N–H and O–H groups in total. The molecule has 1 amide bonds. The van der Waals surface area contributed by atoms with Gasteiger partial charge >= 0.3 is 0 Å². The highest BCUT2D eigenvalue weighted by Gasteiger charge is 2.16. The van der Waals surface area contributed by atoms with Crippen molar-refractivity contribution in [3.8, 4) is 17.6 Å². The molecule has 1 heterocycles. The Morgan fingerprint density at radius 1 is 1.15 bits per heavy atom. The van der Waals surface area contributed by atoms with E-state index in [2.05, 4.69) is 32.3 Å². The maximum Gasteiger partial charge on any atom is 0.262 e.